The van der Waals surface area contributed by atoms with Crippen LogP contribution >= 0.6 is 0 Å². The minimum absolute atomic E-state index is 0.0398. The highest BCUT2D eigenvalue weighted by atomic mass is 16.5. The molecule has 0 aromatic heterocycles. The molecule has 1 fully saturated rings. The molecule has 18 heavy (non-hydrogen) atoms. The molecule has 0 N–H and O–H groups in total. The van der Waals surface area contributed by atoms with E-state index in [2.05, 4.69) is 36.2 Å². The molecule has 96 valence electrons. The quantitative estimate of drug-likeness (QED) is 0.604. The topological polar surface area (TPSA) is 38.7 Å². The molecule has 0 unspecified atom stereocenters. The van der Waals surface area contributed by atoms with Crippen LogP contribution in [0.1, 0.15) is 30.9 Å². The molecule has 0 spiro atoms. The first kappa shape index (κ1) is 13.0. The summed E-state index contributed by atoms with van der Waals surface area (Å²) in [5.41, 5.74) is 2.56. The third kappa shape index (κ3) is 2.69. The fourth-order valence-electron chi connectivity index (χ4n) is 2.58. The fourth-order valence-corrected chi connectivity index (χ4v) is 2.58. The number of benzene rings is 1. The van der Waals surface area contributed by atoms with Crippen molar-refractivity contribution in [2.24, 2.45) is 4.99 Å². The first-order valence-corrected chi connectivity index (χ1v) is 6.51. The Morgan fingerprint density at radius 1 is 1.28 bits per heavy atom. The molecule has 0 amide bonds. The van der Waals surface area contributed by atoms with E-state index in [1.54, 1.807) is 6.08 Å². The Kier molecular flexibility index (Phi) is 4.29. The van der Waals surface area contributed by atoms with Crippen LogP contribution in [-0.4, -0.2) is 25.8 Å². The highest BCUT2D eigenvalue weighted by molar-refractivity contribution is 5.35. The van der Waals surface area contributed by atoms with E-state index in [0.717, 1.165) is 32.5 Å². The second kappa shape index (κ2) is 5.94. The third-order valence-electron chi connectivity index (χ3n) is 3.87. The van der Waals surface area contributed by atoms with Gasteiger partial charge in [-0.3, -0.25) is 0 Å². The van der Waals surface area contributed by atoms with Crippen LogP contribution in [0.5, 0.6) is 0 Å². The van der Waals surface area contributed by atoms with Gasteiger partial charge in [-0.2, -0.15) is 0 Å². The van der Waals surface area contributed by atoms with E-state index < -0.39 is 0 Å². The molecule has 0 radical (unpaired) electrons. The lowest BCUT2D eigenvalue weighted by Crippen LogP contribution is -2.36. The Morgan fingerprint density at radius 3 is 2.50 bits per heavy atom. The maximum atomic E-state index is 10.4. The van der Waals surface area contributed by atoms with Crippen molar-refractivity contribution in [3.8, 4) is 0 Å². The van der Waals surface area contributed by atoms with Crippen molar-refractivity contribution in [2.45, 2.75) is 31.6 Å². The summed E-state index contributed by atoms with van der Waals surface area (Å²) >= 11 is 0. The minimum atomic E-state index is -0.0398. The van der Waals surface area contributed by atoms with E-state index in [4.69, 9.17) is 4.74 Å². The monoisotopic (exact) mass is 245 g/mol. The zero-order valence-electron chi connectivity index (χ0n) is 10.8. The van der Waals surface area contributed by atoms with Gasteiger partial charge >= 0.3 is 0 Å². The highest BCUT2D eigenvalue weighted by Crippen LogP contribution is 2.35. The van der Waals surface area contributed by atoms with Crippen molar-refractivity contribution in [1.29, 1.82) is 0 Å². The van der Waals surface area contributed by atoms with Gasteiger partial charge in [-0.05, 0) is 30.4 Å². The molecule has 1 saturated heterocycles. The van der Waals surface area contributed by atoms with E-state index in [1.165, 1.54) is 11.1 Å². The number of carbonyl (C=O) groups excluding carboxylic acids is 1. The van der Waals surface area contributed by atoms with Crippen LogP contribution in [0.2, 0.25) is 0 Å². The molecule has 3 nitrogen and oxygen atoms in total. The number of nitrogens with zero attached hydrogens (tertiary/aromatic N) is 1. The molecule has 0 atom stereocenters. The Labute approximate surface area is 108 Å². The van der Waals surface area contributed by atoms with Crippen LogP contribution in [0.3, 0.4) is 0 Å². The molecule has 1 aromatic carbocycles. The zero-order chi connectivity index (χ0) is 12.8. The number of aliphatic imine (C=N–C) groups is 1. The average Bonchev–Trinajstić information content (AvgIpc) is 2.46. The molecule has 1 heterocycles. The molecule has 1 aliphatic rings. The van der Waals surface area contributed by atoms with Crippen molar-refractivity contribution in [1.82, 2.24) is 0 Å². The van der Waals surface area contributed by atoms with E-state index in [9.17, 15) is 4.79 Å². The van der Waals surface area contributed by atoms with Crippen LogP contribution in [0, 0.1) is 0 Å². The fraction of sp³-hybridized carbons (Fsp3) is 0.533. The van der Waals surface area contributed by atoms with E-state index in [-0.39, 0.29) is 5.41 Å². The van der Waals surface area contributed by atoms with E-state index in [0.29, 0.717) is 6.54 Å². The predicted octanol–water partition coefficient (Wildman–Crippen LogP) is 2.63. The second-order valence-corrected chi connectivity index (χ2v) is 4.85. The van der Waals surface area contributed by atoms with Gasteiger partial charge in [0, 0.05) is 18.6 Å². The molecule has 3 heteroatoms. The van der Waals surface area contributed by atoms with Gasteiger partial charge in [-0.1, -0.05) is 31.2 Å². The lowest BCUT2D eigenvalue weighted by Gasteiger charge is -2.36. The summed E-state index contributed by atoms with van der Waals surface area (Å²) in [4.78, 5) is 14.2. The summed E-state index contributed by atoms with van der Waals surface area (Å²) in [6.07, 6.45) is 4.55. The Bertz CT molecular complexity index is 426. The SMILES string of the molecule is CCc1ccc(C2(CN=C=O)CCOCC2)cc1. The molecule has 2 rings (SSSR count). The van der Waals surface area contributed by atoms with Gasteiger partial charge in [0.15, 0.2) is 0 Å². The number of isocyanates is 1. The lowest BCUT2D eigenvalue weighted by molar-refractivity contribution is 0.0531. The van der Waals surface area contributed by atoms with Crippen LogP contribution in [0.4, 0.5) is 0 Å². The number of rotatable bonds is 4. The number of aryl methyl sites for hydroxylation is 1. The summed E-state index contributed by atoms with van der Waals surface area (Å²) in [7, 11) is 0. The Balaban J connectivity index is 2.28. The van der Waals surface area contributed by atoms with Gasteiger partial charge in [-0.15, -0.1) is 0 Å². The van der Waals surface area contributed by atoms with Crippen LogP contribution in [0.25, 0.3) is 0 Å². The highest BCUT2D eigenvalue weighted by Gasteiger charge is 2.34. The lowest BCUT2D eigenvalue weighted by atomic mass is 9.74. The maximum Gasteiger partial charge on any atom is 0.234 e. The Hall–Kier alpha value is -1.44. The summed E-state index contributed by atoms with van der Waals surface area (Å²) in [5, 5.41) is 0. The van der Waals surface area contributed by atoms with Crippen LogP contribution in [0.15, 0.2) is 29.3 Å². The summed E-state index contributed by atoms with van der Waals surface area (Å²) in [5.74, 6) is 0. The van der Waals surface area contributed by atoms with Crippen molar-refractivity contribution >= 4 is 6.08 Å². The van der Waals surface area contributed by atoms with Crippen molar-refractivity contribution in [2.75, 3.05) is 19.8 Å². The Morgan fingerprint density at radius 2 is 1.94 bits per heavy atom. The number of hydrogen-bond acceptors (Lipinski definition) is 3. The van der Waals surface area contributed by atoms with Crippen molar-refractivity contribution in [3.63, 3.8) is 0 Å². The molecule has 1 aromatic rings. The number of ether oxygens (including phenoxy) is 1. The summed E-state index contributed by atoms with van der Waals surface area (Å²) in [6, 6.07) is 8.67. The first-order valence-electron chi connectivity index (χ1n) is 6.51. The van der Waals surface area contributed by atoms with Gasteiger partial charge in [0.25, 0.3) is 0 Å². The normalized spacial score (nSPS) is 18.1. The van der Waals surface area contributed by atoms with Gasteiger partial charge in [0.05, 0.1) is 6.54 Å². The summed E-state index contributed by atoms with van der Waals surface area (Å²) < 4.78 is 5.43. The van der Waals surface area contributed by atoms with Crippen LogP contribution < -0.4 is 0 Å². The van der Waals surface area contributed by atoms with Crippen LogP contribution in [-0.2, 0) is 21.4 Å². The van der Waals surface area contributed by atoms with E-state index >= 15 is 0 Å². The maximum absolute atomic E-state index is 10.4. The van der Waals surface area contributed by atoms with Gasteiger partial charge < -0.3 is 4.74 Å². The van der Waals surface area contributed by atoms with Gasteiger partial charge in [-0.25, -0.2) is 9.79 Å². The average molecular weight is 245 g/mol. The second-order valence-electron chi connectivity index (χ2n) is 4.85. The molecular formula is C15H19NO2. The molecule has 0 aliphatic carbocycles. The number of hydrogen-bond donors (Lipinski definition) is 0. The van der Waals surface area contributed by atoms with Crippen molar-refractivity contribution < 1.29 is 9.53 Å². The predicted molar refractivity (Wildman–Crippen MR) is 70.5 cm³/mol. The molecular weight excluding hydrogens is 226 g/mol. The zero-order valence-corrected chi connectivity index (χ0v) is 10.8. The largest absolute Gasteiger partial charge is 0.381 e. The minimum Gasteiger partial charge on any atom is -0.381 e. The molecule has 0 bridgehead atoms. The smallest absolute Gasteiger partial charge is 0.234 e. The van der Waals surface area contributed by atoms with Crippen molar-refractivity contribution in [3.05, 3.63) is 35.4 Å². The third-order valence-corrected chi connectivity index (χ3v) is 3.87. The first-order chi connectivity index (χ1) is 8.80. The van der Waals surface area contributed by atoms with E-state index in [1.807, 2.05) is 0 Å². The summed E-state index contributed by atoms with van der Waals surface area (Å²) in [6.45, 7) is 4.15. The van der Waals surface area contributed by atoms with Gasteiger partial charge in [0.2, 0.25) is 6.08 Å². The van der Waals surface area contributed by atoms with Gasteiger partial charge in [0.1, 0.15) is 0 Å². The standard InChI is InChI=1S/C15H19NO2/c1-2-13-3-5-14(6-4-13)15(11-16-12-17)7-9-18-10-8-15/h3-6H,2,7-11H2,1H3. The molecule has 0 saturated carbocycles. The molecule has 1 aliphatic heterocycles.